The Labute approximate surface area is 117 Å². The fourth-order valence-corrected chi connectivity index (χ4v) is 1.48. The summed E-state index contributed by atoms with van der Waals surface area (Å²) in [6, 6.07) is 2.93. The Balaban J connectivity index is 2.94. The lowest BCUT2D eigenvalue weighted by Gasteiger charge is -2.25. The van der Waals surface area contributed by atoms with Gasteiger partial charge in [-0.15, -0.1) is 0 Å². The van der Waals surface area contributed by atoms with Gasteiger partial charge in [0.25, 0.3) is 0 Å². The molecule has 110 valence electrons. The molecule has 1 atom stereocenters. The average molecular weight is 282 g/mol. The van der Waals surface area contributed by atoms with Gasteiger partial charge in [-0.25, -0.2) is 9.18 Å². The van der Waals surface area contributed by atoms with E-state index in [0.717, 1.165) is 13.2 Å². The molecule has 0 fully saturated rings. The van der Waals surface area contributed by atoms with Crippen molar-refractivity contribution < 1.29 is 18.7 Å². The zero-order chi connectivity index (χ0) is 15.5. The van der Waals surface area contributed by atoms with E-state index in [1.165, 1.54) is 12.1 Å². The van der Waals surface area contributed by atoms with Gasteiger partial charge in [-0.1, -0.05) is 20.8 Å². The van der Waals surface area contributed by atoms with Crippen molar-refractivity contribution in [2.75, 3.05) is 12.4 Å². The van der Waals surface area contributed by atoms with Crippen LogP contribution in [-0.2, 0) is 9.53 Å². The molecule has 1 rings (SSSR count). The van der Waals surface area contributed by atoms with Gasteiger partial charge in [0.1, 0.15) is 5.82 Å². The summed E-state index contributed by atoms with van der Waals surface area (Å²) in [7, 11) is 1.16. The monoisotopic (exact) mass is 282 g/mol. The molecule has 1 amide bonds. The second-order valence-corrected chi connectivity index (χ2v) is 5.52. The third-order valence-corrected chi connectivity index (χ3v) is 2.85. The first-order chi connectivity index (χ1) is 9.16. The molecule has 3 N–H and O–H groups in total. The van der Waals surface area contributed by atoms with Gasteiger partial charge in [-0.2, -0.15) is 0 Å². The van der Waals surface area contributed by atoms with Crippen LogP contribution in [0.15, 0.2) is 18.2 Å². The van der Waals surface area contributed by atoms with Crippen LogP contribution < -0.4 is 11.1 Å². The van der Waals surface area contributed by atoms with Crippen LogP contribution in [0.5, 0.6) is 0 Å². The molecule has 0 aliphatic carbocycles. The van der Waals surface area contributed by atoms with Gasteiger partial charge in [0.2, 0.25) is 5.91 Å². The first-order valence-corrected chi connectivity index (χ1v) is 6.11. The highest BCUT2D eigenvalue weighted by atomic mass is 19.1. The summed E-state index contributed by atoms with van der Waals surface area (Å²) in [5.74, 6) is -1.92. The Bertz CT molecular complexity index is 524. The molecule has 0 aliphatic rings. The fourth-order valence-electron chi connectivity index (χ4n) is 1.48. The molecule has 1 aromatic carbocycles. The van der Waals surface area contributed by atoms with Crippen molar-refractivity contribution in [1.29, 1.82) is 0 Å². The molecule has 0 heterocycles. The summed E-state index contributed by atoms with van der Waals surface area (Å²) < 4.78 is 17.9. The third kappa shape index (κ3) is 3.77. The van der Waals surface area contributed by atoms with Crippen LogP contribution in [0, 0.1) is 11.2 Å². The van der Waals surface area contributed by atoms with Crippen LogP contribution in [0.3, 0.4) is 0 Å². The molecular formula is C14H19FN2O3. The predicted molar refractivity (Wildman–Crippen MR) is 73.8 cm³/mol. The largest absolute Gasteiger partial charge is 0.465 e. The maximum Gasteiger partial charge on any atom is 0.340 e. The van der Waals surface area contributed by atoms with Crippen LogP contribution in [-0.4, -0.2) is 25.0 Å². The number of hydrogen-bond acceptors (Lipinski definition) is 4. The molecule has 0 saturated heterocycles. The highest BCUT2D eigenvalue weighted by molar-refractivity contribution is 5.97. The highest BCUT2D eigenvalue weighted by Crippen LogP contribution is 2.20. The molecule has 0 unspecified atom stereocenters. The maximum atomic E-state index is 13.5. The minimum Gasteiger partial charge on any atom is -0.465 e. The predicted octanol–water partition coefficient (Wildman–Crippen LogP) is 1.92. The smallest absolute Gasteiger partial charge is 0.340 e. The number of esters is 1. The number of nitrogens with two attached hydrogens (primary N) is 1. The fraction of sp³-hybridized carbons (Fsp3) is 0.429. The minimum absolute atomic E-state index is 0.241. The molecule has 5 nitrogen and oxygen atoms in total. The van der Waals surface area contributed by atoms with Gasteiger partial charge in [0, 0.05) is 5.69 Å². The lowest BCUT2D eigenvalue weighted by Crippen LogP contribution is -2.45. The van der Waals surface area contributed by atoms with Crippen LogP contribution >= 0.6 is 0 Å². The molecule has 0 bridgehead atoms. The van der Waals surface area contributed by atoms with E-state index in [1.54, 1.807) is 0 Å². The number of halogens is 1. The SMILES string of the molecule is COC(=O)c1cc(NC(=O)[C@H](N)C(C)(C)C)ccc1F. The van der Waals surface area contributed by atoms with Crippen molar-refractivity contribution in [3.63, 3.8) is 0 Å². The molecule has 1 aromatic rings. The number of methoxy groups -OCH3 is 1. The quantitative estimate of drug-likeness (QED) is 0.830. The van der Waals surface area contributed by atoms with Crippen molar-refractivity contribution >= 4 is 17.6 Å². The third-order valence-electron chi connectivity index (χ3n) is 2.85. The van der Waals surface area contributed by atoms with Crippen LogP contribution in [0.1, 0.15) is 31.1 Å². The van der Waals surface area contributed by atoms with Crippen molar-refractivity contribution in [3.05, 3.63) is 29.6 Å². The van der Waals surface area contributed by atoms with Gasteiger partial charge >= 0.3 is 5.97 Å². The molecule has 0 aromatic heterocycles. The maximum absolute atomic E-state index is 13.5. The Hall–Kier alpha value is -1.95. The zero-order valence-corrected chi connectivity index (χ0v) is 12.0. The Morgan fingerprint density at radius 1 is 1.35 bits per heavy atom. The van der Waals surface area contributed by atoms with Crippen molar-refractivity contribution in [2.24, 2.45) is 11.1 Å². The second kappa shape index (κ2) is 6.00. The van der Waals surface area contributed by atoms with E-state index >= 15 is 0 Å². The topological polar surface area (TPSA) is 81.4 Å². The molecule has 20 heavy (non-hydrogen) atoms. The molecule has 6 heteroatoms. The van der Waals surface area contributed by atoms with E-state index < -0.39 is 29.2 Å². The van der Waals surface area contributed by atoms with E-state index in [-0.39, 0.29) is 11.3 Å². The minimum atomic E-state index is -0.807. The van der Waals surface area contributed by atoms with E-state index in [9.17, 15) is 14.0 Å². The standard InChI is InChI=1S/C14H19FN2O3/c1-14(2,3)11(16)12(18)17-8-5-6-10(15)9(7-8)13(19)20-4/h5-7,11H,16H2,1-4H3,(H,17,18)/t11-/m0/s1. The summed E-state index contributed by atoms with van der Waals surface area (Å²) in [4.78, 5) is 23.3. The lowest BCUT2D eigenvalue weighted by molar-refractivity contribution is -0.119. The zero-order valence-electron chi connectivity index (χ0n) is 12.0. The normalized spacial score (nSPS) is 12.7. The summed E-state index contributed by atoms with van der Waals surface area (Å²) in [5.41, 5.74) is 5.46. The number of anilines is 1. The molecule has 0 saturated carbocycles. The van der Waals surface area contributed by atoms with Crippen molar-refractivity contribution in [1.82, 2.24) is 0 Å². The average Bonchev–Trinajstić information content (AvgIpc) is 2.38. The lowest BCUT2D eigenvalue weighted by atomic mass is 9.87. The van der Waals surface area contributed by atoms with Gasteiger partial charge in [0.15, 0.2) is 0 Å². The number of carbonyl (C=O) groups is 2. The summed E-state index contributed by atoms with van der Waals surface area (Å²) in [5, 5.41) is 2.56. The highest BCUT2D eigenvalue weighted by Gasteiger charge is 2.27. The summed E-state index contributed by atoms with van der Waals surface area (Å²) in [6.07, 6.45) is 0. The van der Waals surface area contributed by atoms with E-state index in [0.29, 0.717) is 0 Å². The van der Waals surface area contributed by atoms with Gasteiger partial charge in [-0.05, 0) is 23.6 Å². The first kappa shape index (κ1) is 16.1. The van der Waals surface area contributed by atoms with Gasteiger partial charge in [-0.3, -0.25) is 4.79 Å². The number of nitrogens with one attached hydrogen (secondary N) is 1. The van der Waals surface area contributed by atoms with Crippen molar-refractivity contribution in [3.8, 4) is 0 Å². The Morgan fingerprint density at radius 3 is 2.45 bits per heavy atom. The molecule has 0 spiro atoms. The number of carbonyl (C=O) groups excluding carboxylic acids is 2. The van der Waals surface area contributed by atoms with E-state index in [2.05, 4.69) is 10.1 Å². The van der Waals surface area contributed by atoms with Crippen LogP contribution in [0.4, 0.5) is 10.1 Å². The van der Waals surface area contributed by atoms with Crippen molar-refractivity contribution in [2.45, 2.75) is 26.8 Å². The van der Waals surface area contributed by atoms with E-state index in [1.807, 2.05) is 20.8 Å². The van der Waals surface area contributed by atoms with Crippen LogP contribution in [0.2, 0.25) is 0 Å². The number of hydrogen-bond donors (Lipinski definition) is 2. The summed E-state index contributed by atoms with van der Waals surface area (Å²) in [6.45, 7) is 5.51. The van der Waals surface area contributed by atoms with Gasteiger partial charge in [0.05, 0.1) is 18.7 Å². The summed E-state index contributed by atoms with van der Waals surface area (Å²) >= 11 is 0. The second-order valence-electron chi connectivity index (χ2n) is 5.52. The number of rotatable bonds is 3. The number of amides is 1. The van der Waals surface area contributed by atoms with Gasteiger partial charge < -0.3 is 15.8 Å². The Morgan fingerprint density at radius 2 is 1.95 bits per heavy atom. The molecule has 0 aliphatic heterocycles. The first-order valence-electron chi connectivity index (χ1n) is 6.11. The number of ether oxygens (including phenoxy) is 1. The Kier molecular flexibility index (Phi) is 4.83. The number of benzene rings is 1. The van der Waals surface area contributed by atoms with Crippen LogP contribution in [0.25, 0.3) is 0 Å². The van der Waals surface area contributed by atoms with E-state index in [4.69, 9.17) is 5.73 Å². The molecular weight excluding hydrogens is 263 g/mol. The molecule has 0 radical (unpaired) electrons.